The molecule has 0 saturated heterocycles. The van der Waals surface area contributed by atoms with Gasteiger partial charge < -0.3 is 15.7 Å². The largest absolute Gasteiger partial charge is 0.393 e. The molecular weight excluding hydrogens is 180 g/mol. The van der Waals surface area contributed by atoms with Gasteiger partial charge in [-0.1, -0.05) is 0 Å². The van der Waals surface area contributed by atoms with E-state index in [0.29, 0.717) is 12.5 Å². The zero-order valence-corrected chi connectivity index (χ0v) is 8.92. The Morgan fingerprint density at radius 3 is 2.64 bits per heavy atom. The molecule has 0 unspecified atom stereocenters. The van der Waals surface area contributed by atoms with Gasteiger partial charge in [0, 0.05) is 6.04 Å². The Hall–Kier alpha value is -0.610. The van der Waals surface area contributed by atoms with Crippen molar-refractivity contribution in [3.63, 3.8) is 0 Å². The molecule has 4 nitrogen and oxygen atoms in total. The van der Waals surface area contributed by atoms with E-state index in [1.807, 2.05) is 13.8 Å². The minimum absolute atomic E-state index is 0.0415. The van der Waals surface area contributed by atoms with E-state index < -0.39 is 0 Å². The highest BCUT2D eigenvalue weighted by Gasteiger charge is 2.26. The number of hydrogen-bond donors (Lipinski definition) is 3. The standard InChI is InChI=1S/C10H20N2O2/c1-7(2)12-10(14)6-11-5-8-3-9(13)4-8/h7-9,11,13H,3-6H2,1-2H3,(H,12,14). The fourth-order valence-electron chi connectivity index (χ4n) is 1.63. The third-order valence-corrected chi connectivity index (χ3v) is 2.38. The number of amides is 1. The monoisotopic (exact) mass is 200 g/mol. The van der Waals surface area contributed by atoms with Gasteiger partial charge in [0.1, 0.15) is 0 Å². The van der Waals surface area contributed by atoms with Gasteiger partial charge in [-0.25, -0.2) is 0 Å². The van der Waals surface area contributed by atoms with Crippen molar-refractivity contribution in [2.45, 2.75) is 38.8 Å². The van der Waals surface area contributed by atoms with Crippen molar-refractivity contribution in [1.82, 2.24) is 10.6 Å². The van der Waals surface area contributed by atoms with Crippen LogP contribution in [0.2, 0.25) is 0 Å². The number of rotatable bonds is 5. The Bertz CT molecular complexity index is 189. The Kier molecular flexibility index (Phi) is 4.35. The van der Waals surface area contributed by atoms with Gasteiger partial charge in [-0.05, 0) is 39.2 Å². The fraction of sp³-hybridized carbons (Fsp3) is 0.900. The van der Waals surface area contributed by atoms with Crippen molar-refractivity contribution < 1.29 is 9.90 Å². The smallest absolute Gasteiger partial charge is 0.234 e. The van der Waals surface area contributed by atoms with Crippen LogP contribution < -0.4 is 10.6 Å². The molecule has 82 valence electrons. The molecule has 1 aliphatic rings. The second-order valence-electron chi connectivity index (χ2n) is 4.34. The van der Waals surface area contributed by atoms with Crippen LogP contribution in [-0.2, 0) is 4.79 Å². The molecule has 3 N–H and O–H groups in total. The highest BCUT2D eigenvalue weighted by atomic mass is 16.3. The van der Waals surface area contributed by atoms with Crippen LogP contribution in [0.4, 0.5) is 0 Å². The first kappa shape index (κ1) is 11.5. The van der Waals surface area contributed by atoms with Crippen LogP contribution in [-0.4, -0.2) is 36.2 Å². The first-order valence-corrected chi connectivity index (χ1v) is 5.26. The summed E-state index contributed by atoms with van der Waals surface area (Å²) in [4.78, 5) is 11.2. The van der Waals surface area contributed by atoms with Crippen LogP contribution in [0.15, 0.2) is 0 Å². The van der Waals surface area contributed by atoms with Crippen LogP contribution in [0.3, 0.4) is 0 Å². The van der Waals surface area contributed by atoms with E-state index in [4.69, 9.17) is 5.11 Å². The minimum atomic E-state index is -0.105. The third kappa shape index (κ3) is 4.07. The zero-order chi connectivity index (χ0) is 10.6. The molecule has 0 aromatic rings. The molecule has 1 amide bonds. The average molecular weight is 200 g/mol. The molecule has 14 heavy (non-hydrogen) atoms. The molecule has 1 aliphatic carbocycles. The van der Waals surface area contributed by atoms with Gasteiger partial charge in [0.25, 0.3) is 0 Å². The molecule has 1 saturated carbocycles. The summed E-state index contributed by atoms with van der Waals surface area (Å²) in [7, 11) is 0. The Morgan fingerprint density at radius 2 is 2.14 bits per heavy atom. The molecule has 0 aromatic carbocycles. The van der Waals surface area contributed by atoms with Gasteiger partial charge in [0.2, 0.25) is 5.91 Å². The van der Waals surface area contributed by atoms with Crippen molar-refractivity contribution in [1.29, 1.82) is 0 Å². The molecule has 1 rings (SSSR count). The molecule has 0 spiro atoms. The van der Waals surface area contributed by atoms with E-state index in [1.165, 1.54) is 0 Å². The second-order valence-corrected chi connectivity index (χ2v) is 4.34. The van der Waals surface area contributed by atoms with Gasteiger partial charge >= 0.3 is 0 Å². The van der Waals surface area contributed by atoms with Gasteiger partial charge in [-0.3, -0.25) is 4.79 Å². The van der Waals surface area contributed by atoms with E-state index in [1.54, 1.807) is 0 Å². The van der Waals surface area contributed by atoms with E-state index in [9.17, 15) is 4.79 Å². The summed E-state index contributed by atoms with van der Waals surface area (Å²) in [5, 5.41) is 14.9. The summed E-state index contributed by atoms with van der Waals surface area (Å²) in [5.74, 6) is 0.594. The maximum atomic E-state index is 11.2. The third-order valence-electron chi connectivity index (χ3n) is 2.38. The van der Waals surface area contributed by atoms with Crippen LogP contribution in [0.1, 0.15) is 26.7 Å². The van der Waals surface area contributed by atoms with Crippen molar-refractivity contribution in [3.8, 4) is 0 Å². The second kappa shape index (κ2) is 5.32. The lowest BCUT2D eigenvalue weighted by Gasteiger charge is -2.31. The van der Waals surface area contributed by atoms with E-state index in [-0.39, 0.29) is 18.1 Å². The van der Waals surface area contributed by atoms with Gasteiger partial charge in [0.15, 0.2) is 0 Å². The molecule has 0 heterocycles. The number of aliphatic hydroxyl groups is 1. The zero-order valence-electron chi connectivity index (χ0n) is 8.92. The lowest BCUT2D eigenvalue weighted by atomic mass is 9.82. The highest BCUT2D eigenvalue weighted by Crippen LogP contribution is 2.25. The molecule has 1 fully saturated rings. The molecule has 0 radical (unpaired) electrons. The number of carbonyl (C=O) groups is 1. The highest BCUT2D eigenvalue weighted by molar-refractivity contribution is 5.78. The van der Waals surface area contributed by atoms with Crippen LogP contribution >= 0.6 is 0 Å². The maximum absolute atomic E-state index is 11.2. The fourth-order valence-corrected chi connectivity index (χ4v) is 1.63. The average Bonchev–Trinajstić information content (AvgIpc) is 1.99. The number of nitrogens with one attached hydrogen (secondary N) is 2. The molecule has 0 aliphatic heterocycles. The van der Waals surface area contributed by atoms with Crippen molar-refractivity contribution in [2.75, 3.05) is 13.1 Å². The topological polar surface area (TPSA) is 61.4 Å². The first-order chi connectivity index (χ1) is 6.58. The van der Waals surface area contributed by atoms with Crippen LogP contribution in [0.5, 0.6) is 0 Å². The van der Waals surface area contributed by atoms with Gasteiger partial charge in [-0.2, -0.15) is 0 Å². The molecule has 0 bridgehead atoms. The first-order valence-electron chi connectivity index (χ1n) is 5.26. The maximum Gasteiger partial charge on any atom is 0.234 e. The SMILES string of the molecule is CC(C)NC(=O)CNCC1CC(O)C1. The van der Waals surface area contributed by atoms with E-state index in [0.717, 1.165) is 19.4 Å². The summed E-state index contributed by atoms with van der Waals surface area (Å²) in [6.07, 6.45) is 1.64. The van der Waals surface area contributed by atoms with Gasteiger partial charge in [0.05, 0.1) is 12.6 Å². The predicted molar refractivity (Wildman–Crippen MR) is 54.9 cm³/mol. The molecule has 0 aromatic heterocycles. The van der Waals surface area contributed by atoms with Crippen molar-refractivity contribution in [3.05, 3.63) is 0 Å². The molecular formula is C10H20N2O2. The number of aliphatic hydroxyl groups excluding tert-OH is 1. The Balaban J connectivity index is 1.96. The molecule has 0 atom stereocenters. The van der Waals surface area contributed by atoms with Gasteiger partial charge in [-0.15, -0.1) is 0 Å². The summed E-state index contributed by atoms with van der Waals surface area (Å²) < 4.78 is 0. The van der Waals surface area contributed by atoms with Crippen LogP contribution in [0, 0.1) is 5.92 Å². The van der Waals surface area contributed by atoms with E-state index in [2.05, 4.69) is 10.6 Å². The summed E-state index contributed by atoms with van der Waals surface area (Å²) in [6, 6.07) is 0.204. The lowest BCUT2D eigenvalue weighted by Crippen LogP contribution is -2.42. The predicted octanol–water partition coefficient (Wildman–Crippen LogP) is -0.128. The Morgan fingerprint density at radius 1 is 1.50 bits per heavy atom. The van der Waals surface area contributed by atoms with Crippen molar-refractivity contribution >= 4 is 5.91 Å². The van der Waals surface area contributed by atoms with E-state index >= 15 is 0 Å². The number of carbonyl (C=O) groups excluding carboxylic acids is 1. The minimum Gasteiger partial charge on any atom is -0.393 e. The number of hydrogen-bond acceptors (Lipinski definition) is 3. The molecule has 4 heteroatoms. The van der Waals surface area contributed by atoms with Crippen molar-refractivity contribution in [2.24, 2.45) is 5.92 Å². The lowest BCUT2D eigenvalue weighted by molar-refractivity contribution is -0.120. The summed E-state index contributed by atoms with van der Waals surface area (Å²) in [5.41, 5.74) is 0. The Labute approximate surface area is 85.1 Å². The quantitative estimate of drug-likeness (QED) is 0.579. The normalized spacial score (nSPS) is 26.0. The summed E-state index contributed by atoms with van der Waals surface area (Å²) in [6.45, 7) is 5.10. The van der Waals surface area contributed by atoms with Crippen LogP contribution in [0.25, 0.3) is 0 Å². The summed E-state index contributed by atoms with van der Waals surface area (Å²) >= 11 is 0.